The zero-order chi connectivity index (χ0) is 16.1. The number of nitrogens with zero attached hydrogens (tertiary/aromatic N) is 2. The molecule has 0 aromatic heterocycles. The number of hydrogen-bond acceptors (Lipinski definition) is 2. The van der Waals surface area contributed by atoms with Crippen LogP contribution in [0.1, 0.15) is 47.7 Å². The molecule has 1 aliphatic rings. The quantitative estimate of drug-likeness (QED) is 0.858. The SMILES string of the molecule is CCCCC(=O)N1CCN(C(=O)c2ccc(C)cc2C)CC1. The maximum atomic E-state index is 12.6. The fraction of sp³-hybridized carbons (Fsp3) is 0.556. The second-order valence-corrected chi connectivity index (χ2v) is 6.09. The highest BCUT2D eigenvalue weighted by Gasteiger charge is 2.25. The van der Waals surface area contributed by atoms with Crippen molar-refractivity contribution in [2.45, 2.75) is 40.0 Å². The van der Waals surface area contributed by atoms with Gasteiger partial charge in [0.2, 0.25) is 5.91 Å². The summed E-state index contributed by atoms with van der Waals surface area (Å²) >= 11 is 0. The van der Waals surface area contributed by atoms with E-state index in [1.807, 2.05) is 41.8 Å². The zero-order valence-corrected chi connectivity index (χ0v) is 13.9. The third-order valence-corrected chi connectivity index (χ3v) is 4.28. The summed E-state index contributed by atoms with van der Waals surface area (Å²) in [5.74, 6) is 0.304. The van der Waals surface area contributed by atoms with Gasteiger partial charge < -0.3 is 9.80 Å². The minimum absolute atomic E-state index is 0.0816. The Balaban J connectivity index is 1.93. The van der Waals surface area contributed by atoms with E-state index in [4.69, 9.17) is 0 Å². The van der Waals surface area contributed by atoms with Crippen LogP contribution in [0.15, 0.2) is 18.2 Å². The predicted octanol–water partition coefficient (Wildman–Crippen LogP) is 2.78. The highest BCUT2D eigenvalue weighted by Crippen LogP contribution is 2.15. The Kier molecular flexibility index (Phi) is 5.58. The second kappa shape index (κ2) is 7.43. The molecule has 1 saturated heterocycles. The zero-order valence-electron chi connectivity index (χ0n) is 13.9. The fourth-order valence-electron chi connectivity index (χ4n) is 2.87. The molecule has 0 unspecified atom stereocenters. The topological polar surface area (TPSA) is 40.6 Å². The lowest BCUT2D eigenvalue weighted by Crippen LogP contribution is -2.50. The van der Waals surface area contributed by atoms with Crippen LogP contribution in [0, 0.1) is 13.8 Å². The first-order valence-corrected chi connectivity index (χ1v) is 8.17. The maximum absolute atomic E-state index is 12.6. The molecule has 0 N–H and O–H groups in total. The number of rotatable bonds is 4. The van der Waals surface area contributed by atoms with Gasteiger partial charge in [0.05, 0.1) is 0 Å². The first kappa shape index (κ1) is 16.5. The molecule has 22 heavy (non-hydrogen) atoms. The lowest BCUT2D eigenvalue weighted by Gasteiger charge is -2.35. The van der Waals surface area contributed by atoms with E-state index >= 15 is 0 Å². The molecule has 120 valence electrons. The highest BCUT2D eigenvalue weighted by molar-refractivity contribution is 5.95. The summed E-state index contributed by atoms with van der Waals surface area (Å²) in [6, 6.07) is 5.92. The van der Waals surface area contributed by atoms with E-state index in [1.54, 1.807) is 0 Å². The number of unbranched alkanes of at least 4 members (excludes halogenated alkanes) is 1. The van der Waals surface area contributed by atoms with Gasteiger partial charge in [0, 0.05) is 38.2 Å². The van der Waals surface area contributed by atoms with Crippen molar-refractivity contribution >= 4 is 11.8 Å². The molecular weight excluding hydrogens is 276 g/mol. The van der Waals surface area contributed by atoms with Gasteiger partial charge in [-0.1, -0.05) is 31.0 Å². The van der Waals surface area contributed by atoms with E-state index < -0.39 is 0 Å². The summed E-state index contributed by atoms with van der Waals surface area (Å²) in [4.78, 5) is 28.4. The van der Waals surface area contributed by atoms with Crippen LogP contribution in [0.3, 0.4) is 0 Å². The van der Waals surface area contributed by atoms with Crippen molar-refractivity contribution in [3.8, 4) is 0 Å². The molecule has 2 amide bonds. The molecule has 1 fully saturated rings. The second-order valence-electron chi connectivity index (χ2n) is 6.09. The molecular formula is C18H26N2O2. The van der Waals surface area contributed by atoms with Gasteiger partial charge in [0.1, 0.15) is 0 Å². The minimum atomic E-state index is 0.0816. The predicted molar refractivity (Wildman–Crippen MR) is 87.9 cm³/mol. The van der Waals surface area contributed by atoms with Crippen molar-refractivity contribution in [2.24, 2.45) is 0 Å². The number of carbonyl (C=O) groups is 2. The van der Waals surface area contributed by atoms with Gasteiger partial charge in [-0.2, -0.15) is 0 Å². The number of carbonyl (C=O) groups excluding carboxylic acids is 2. The first-order valence-electron chi connectivity index (χ1n) is 8.17. The Morgan fingerprint density at radius 1 is 1.05 bits per heavy atom. The summed E-state index contributed by atoms with van der Waals surface area (Å²) in [6.45, 7) is 8.66. The normalized spacial score (nSPS) is 15.0. The summed E-state index contributed by atoms with van der Waals surface area (Å²) in [7, 11) is 0. The summed E-state index contributed by atoms with van der Waals surface area (Å²) < 4.78 is 0. The van der Waals surface area contributed by atoms with Crippen LogP contribution in [0.5, 0.6) is 0 Å². The molecule has 0 bridgehead atoms. The summed E-state index contributed by atoms with van der Waals surface area (Å²) in [5, 5.41) is 0. The first-order chi connectivity index (χ1) is 10.5. The number of hydrogen-bond donors (Lipinski definition) is 0. The number of benzene rings is 1. The van der Waals surface area contributed by atoms with E-state index in [0.717, 1.165) is 24.0 Å². The Morgan fingerprint density at radius 2 is 1.68 bits per heavy atom. The molecule has 2 rings (SSSR count). The molecule has 1 aromatic rings. The maximum Gasteiger partial charge on any atom is 0.254 e. The fourth-order valence-corrected chi connectivity index (χ4v) is 2.87. The third-order valence-electron chi connectivity index (χ3n) is 4.28. The van der Waals surface area contributed by atoms with Gasteiger partial charge in [0.25, 0.3) is 5.91 Å². The average Bonchev–Trinajstić information content (AvgIpc) is 2.52. The van der Waals surface area contributed by atoms with Crippen molar-refractivity contribution in [3.05, 3.63) is 34.9 Å². The summed E-state index contributed by atoms with van der Waals surface area (Å²) in [6.07, 6.45) is 2.61. The molecule has 4 nitrogen and oxygen atoms in total. The Labute approximate surface area is 133 Å². The van der Waals surface area contributed by atoms with Crippen LogP contribution in [-0.2, 0) is 4.79 Å². The van der Waals surface area contributed by atoms with E-state index in [0.29, 0.717) is 32.6 Å². The monoisotopic (exact) mass is 302 g/mol. The molecule has 4 heteroatoms. The number of piperazine rings is 1. The van der Waals surface area contributed by atoms with Crippen LogP contribution in [0.25, 0.3) is 0 Å². The molecule has 1 aliphatic heterocycles. The van der Waals surface area contributed by atoms with E-state index in [-0.39, 0.29) is 11.8 Å². The van der Waals surface area contributed by atoms with Crippen molar-refractivity contribution < 1.29 is 9.59 Å². The minimum Gasteiger partial charge on any atom is -0.339 e. The number of aryl methyl sites for hydroxylation is 2. The van der Waals surface area contributed by atoms with Gasteiger partial charge in [0.15, 0.2) is 0 Å². The molecule has 0 saturated carbocycles. The lowest BCUT2D eigenvalue weighted by atomic mass is 10.0. The Hall–Kier alpha value is -1.84. The van der Waals surface area contributed by atoms with Crippen LogP contribution in [0.4, 0.5) is 0 Å². The highest BCUT2D eigenvalue weighted by atomic mass is 16.2. The van der Waals surface area contributed by atoms with Crippen LogP contribution >= 0.6 is 0 Å². The Bertz CT molecular complexity index is 546. The van der Waals surface area contributed by atoms with Crippen LogP contribution in [-0.4, -0.2) is 47.8 Å². The Morgan fingerprint density at radius 3 is 2.27 bits per heavy atom. The standard InChI is InChI=1S/C18H26N2O2/c1-4-5-6-17(21)19-9-11-20(12-10-19)18(22)16-8-7-14(2)13-15(16)3/h7-8,13H,4-6,9-12H2,1-3H3. The molecule has 0 spiro atoms. The van der Waals surface area contributed by atoms with E-state index in [2.05, 4.69) is 6.92 Å². The van der Waals surface area contributed by atoms with E-state index in [1.165, 1.54) is 5.56 Å². The van der Waals surface area contributed by atoms with Crippen LogP contribution < -0.4 is 0 Å². The largest absolute Gasteiger partial charge is 0.339 e. The van der Waals surface area contributed by atoms with Crippen molar-refractivity contribution in [2.75, 3.05) is 26.2 Å². The van der Waals surface area contributed by atoms with Gasteiger partial charge in [-0.3, -0.25) is 9.59 Å². The van der Waals surface area contributed by atoms with Crippen molar-refractivity contribution in [1.29, 1.82) is 0 Å². The van der Waals surface area contributed by atoms with Gasteiger partial charge >= 0.3 is 0 Å². The smallest absolute Gasteiger partial charge is 0.254 e. The van der Waals surface area contributed by atoms with Crippen molar-refractivity contribution in [3.63, 3.8) is 0 Å². The average molecular weight is 302 g/mol. The van der Waals surface area contributed by atoms with E-state index in [9.17, 15) is 9.59 Å². The number of amides is 2. The summed E-state index contributed by atoms with van der Waals surface area (Å²) in [5.41, 5.74) is 2.96. The van der Waals surface area contributed by atoms with Gasteiger partial charge in [-0.15, -0.1) is 0 Å². The third kappa shape index (κ3) is 3.87. The van der Waals surface area contributed by atoms with Crippen molar-refractivity contribution in [1.82, 2.24) is 9.80 Å². The molecule has 1 heterocycles. The van der Waals surface area contributed by atoms with Crippen LogP contribution in [0.2, 0.25) is 0 Å². The molecule has 0 atom stereocenters. The molecule has 0 aliphatic carbocycles. The van der Waals surface area contributed by atoms with Gasteiger partial charge in [-0.25, -0.2) is 0 Å². The molecule has 0 radical (unpaired) electrons. The lowest BCUT2D eigenvalue weighted by molar-refractivity contribution is -0.132. The van der Waals surface area contributed by atoms with Gasteiger partial charge in [-0.05, 0) is 31.9 Å². The molecule has 1 aromatic carbocycles.